The minimum atomic E-state index is -0.687. The molecular formula is C21H34N2O3. The van der Waals surface area contributed by atoms with Gasteiger partial charge in [0, 0.05) is 18.8 Å². The number of amides is 1. The highest BCUT2D eigenvalue weighted by Gasteiger charge is 2.42. The van der Waals surface area contributed by atoms with Crippen molar-refractivity contribution in [3.8, 4) is 5.75 Å². The molecule has 0 heterocycles. The fourth-order valence-corrected chi connectivity index (χ4v) is 3.63. The van der Waals surface area contributed by atoms with Crippen molar-refractivity contribution in [3.05, 3.63) is 24.3 Å². The third-order valence-electron chi connectivity index (χ3n) is 4.92. The molecule has 1 aliphatic rings. The van der Waals surface area contributed by atoms with Crippen molar-refractivity contribution in [2.24, 2.45) is 5.92 Å². The molecule has 1 fully saturated rings. The van der Waals surface area contributed by atoms with E-state index in [0.29, 0.717) is 19.1 Å². The van der Waals surface area contributed by atoms with Crippen LogP contribution in [-0.4, -0.2) is 50.3 Å². The van der Waals surface area contributed by atoms with Gasteiger partial charge in [-0.2, -0.15) is 0 Å². The van der Waals surface area contributed by atoms with Gasteiger partial charge < -0.3 is 19.7 Å². The molecule has 0 spiro atoms. The van der Waals surface area contributed by atoms with Crippen LogP contribution in [0.5, 0.6) is 5.75 Å². The Kier molecular flexibility index (Phi) is 7.91. The smallest absolute Gasteiger partial charge is 0.256 e. The van der Waals surface area contributed by atoms with Crippen molar-refractivity contribution < 1.29 is 14.3 Å². The molecule has 146 valence electrons. The highest BCUT2D eigenvalue weighted by Crippen LogP contribution is 2.36. The molecule has 2 rings (SSSR count). The number of hydrogen-bond acceptors (Lipinski definition) is 4. The van der Waals surface area contributed by atoms with E-state index < -0.39 is 5.60 Å². The van der Waals surface area contributed by atoms with Gasteiger partial charge in [-0.3, -0.25) is 4.79 Å². The fourth-order valence-electron chi connectivity index (χ4n) is 3.63. The molecule has 0 saturated heterocycles. The van der Waals surface area contributed by atoms with Gasteiger partial charge >= 0.3 is 0 Å². The molecule has 0 radical (unpaired) electrons. The predicted molar refractivity (Wildman–Crippen MR) is 106 cm³/mol. The average Bonchev–Trinajstić information content (AvgIpc) is 2.60. The Morgan fingerprint density at radius 3 is 2.65 bits per heavy atom. The first-order valence-corrected chi connectivity index (χ1v) is 9.78. The van der Waals surface area contributed by atoms with Crippen molar-refractivity contribution in [2.75, 3.05) is 39.2 Å². The summed E-state index contributed by atoms with van der Waals surface area (Å²) in [5.74, 6) is 1.32. The Morgan fingerprint density at radius 1 is 1.31 bits per heavy atom. The number of nitrogens with one attached hydrogen (secondary N) is 1. The molecule has 5 heteroatoms. The lowest BCUT2D eigenvalue weighted by atomic mass is 9.78. The normalized spacial score (nSPS) is 23.0. The summed E-state index contributed by atoms with van der Waals surface area (Å²) in [6, 6.07) is 7.60. The molecular weight excluding hydrogens is 328 g/mol. The first-order chi connectivity index (χ1) is 12.4. The standard InChI is InChI=1S/C21H34N2O3/c1-5-26-21(13-6-8-17(2)16-21)20(24)22-18-9-11-19(12-10-18)25-15-7-14-23(3)4/h9-12,17H,5-8,13-16H2,1-4H3,(H,22,24). The number of anilines is 1. The molecule has 1 aliphatic carbocycles. The van der Waals surface area contributed by atoms with Crippen LogP contribution in [0, 0.1) is 5.92 Å². The molecule has 1 saturated carbocycles. The van der Waals surface area contributed by atoms with Crippen LogP contribution in [0.1, 0.15) is 46.0 Å². The first kappa shape index (κ1) is 20.7. The van der Waals surface area contributed by atoms with E-state index in [4.69, 9.17) is 9.47 Å². The summed E-state index contributed by atoms with van der Waals surface area (Å²) >= 11 is 0. The molecule has 1 aromatic carbocycles. The van der Waals surface area contributed by atoms with Gasteiger partial charge in [0.15, 0.2) is 0 Å². The maximum Gasteiger partial charge on any atom is 0.256 e. The Hall–Kier alpha value is -1.59. The second-order valence-electron chi connectivity index (χ2n) is 7.61. The van der Waals surface area contributed by atoms with Crippen LogP contribution < -0.4 is 10.1 Å². The molecule has 2 unspecified atom stereocenters. The van der Waals surface area contributed by atoms with Crippen molar-refractivity contribution in [1.29, 1.82) is 0 Å². The SMILES string of the molecule is CCOC1(C(=O)Nc2ccc(OCCCN(C)C)cc2)CCCC(C)C1. The highest BCUT2D eigenvalue weighted by atomic mass is 16.5. The summed E-state index contributed by atoms with van der Waals surface area (Å²) in [7, 11) is 4.11. The zero-order chi connectivity index (χ0) is 19.0. The Bertz CT molecular complexity index is 555. The topological polar surface area (TPSA) is 50.8 Å². The maximum atomic E-state index is 12.9. The molecule has 0 aromatic heterocycles. The molecule has 26 heavy (non-hydrogen) atoms. The lowest BCUT2D eigenvalue weighted by molar-refractivity contribution is -0.147. The van der Waals surface area contributed by atoms with Gasteiger partial charge in [0.2, 0.25) is 0 Å². The molecule has 0 aliphatic heterocycles. The first-order valence-electron chi connectivity index (χ1n) is 9.78. The van der Waals surface area contributed by atoms with Gasteiger partial charge in [-0.15, -0.1) is 0 Å². The van der Waals surface area contributed by atoms with E-state index in [1.807, 2.05) is 31.2 Å². The third kappa shape index (κ3) is 5.99. The van der Waals surface area contributed by atoms with Crippen LogP contribution in [0.2, 0.25) is 0 Å². The molecule has 1 amide bonds. The number of nitrogens with zero attached hydrogens (tertiary/aromatic N) is 1. The number of carbonyl (C=O) groups excluding carboxylic acids is 1. The van der Waals surface area contributed by atoms with Crippen molar-refractivity contribution in [2.45, 2.75) is 51.6 Å². The second-order valence-corrected chi connectivity index (χ2v) is 7.61. The van der Waals surface area contributed by atoms with Crippen LogP contribution in [0.4, 0.5) is 5.69 Å². The van der Waals surface area contributed by atoms with Gasteiger partial charge in [0.05, 0.1) is 6.61 Å². The summed E-state index contributed by atoms with van der Waals surface area (Å²) < 4.78 is 11.7. The van der Waals surface area contributed by atoms with E-state index in [-0.39, 0.29) is 5.91 Å². The van der Waals surface area contributed by atoms with E-state index in [1.54, 1.807) is 0 Å². The van der Waals surface area contributed by atoms with E-state index in [1.165, 1.54) is 6.42 Å². The van der Waals surface area contributed by atoms with Gasteiger partial charge in [0.1, 0.15) is 11.4 Å². The average molecular weight is 363 g/mol. The Labute approximate surface area is 158 Å². The lowest BCUT2D eigenvalue weighted by Crippen LogP contribution is -2.48. The molecule has 0 bridgehead atoms. The van der Waals surface area contributed by atoms with Crippen LogP contribution in [0.25, 0.3) is 0 Å². The summed E-state index contributed by atoms with van der Waals surface area (Å²) in [6.45, 7) is 6.40. The van der Waals surface area contributed by atoms with E-state index >= 15 is 0 Å². The summed E-state index contributed by atoms with van der Waals surface area (Å²) in [5, 5.41) is 3.04. The minimum absolute atomic E-state index is 0.0226. The fraction of sp³-hybridized carbons (Fsp3) is 0.667. The van der Waals surface area contributed by atoms with E-state index in [0.717, 1.165) is 43.7 Å². The maximum absolute atomic E-state index is 12.9. The Balaban J connectivity index is 1.91. The zero-order valence-corrected chi connectivity index (χ0v) is 16.7. The van der Waals surface area contributed by atoms with Crippen LogP contribution >= 0.6 is 0 Å². The number of hydrogen-bond donors (Lipinski definition) is 1. The Morgan fingerprint density at radius 2 is 2.04 bits per heavy atom. The summed E-state index contributed by atoms with van der Waals surface area (Å²) in [6.07, 6.45) is 4.78. The zero-order valence-electron chi connectivity index (χ0n) is 16.7. The van der Waals surface area contributed by atoms with Crippen LogP contribution in [0.3, 0.4) is 0 Å². The van der Waals surface area contributed by atoms with Crippen molar-refractivity contribution in [3.63, 3.8) is 0 Å². The second kappa shape index (κ2) is 9.93. The third-order valence-corrected chi connectivity index (χ3v) is 4.92. The predicted octanol–water partition coefficient (Wildman–Crippen LogP) is 3.94. The lowest BCUT2D eigenvalue weighted by Gasteiger charge is -2.38. The quantitative estimate of drug-likeness (QED) is 0.676. The summed E-state index contributed by atoms with van der Waals surface area (Å²) in [4.78, 5) is 15.1. The monoisotopic (exact) mass is 362 g/mol. The summed E-state index contributed by atoms with van der Waals surface area (Å²) in [5.41, 5.74) is 0.0984. The van der Waals surface area contributed by atoms with Gasteiger partial charge in [0.25, 0.3) is 5.91 Å². The minimum Gasteiger partial charge on any atom is -0.494 e. The number of carbonyl (C=O) groups is 1. The van der Waals surface area contributed by atoms with Gasteiger partial charge in [-0.05, 0) is 76.9 Å². The molecule has 1 aromatic rings. The van der Waals surface area contributed by atoms with Crippen molar-refractivity contribution in [1.82, 2.24) is 4.90 Å². The number of benzene rings is 1. The molecule has 5 nitrogen and oxygen atoms in total. The van der Waals surface area contributed by atoms with Gasteiger partial charge in [-0.25, -0.2) is 0 Å². The van der Waals surface area contributed by atoms with E-state index in [9.17, 15) is 4.79 Å². The van der Waals surface area contributed by atoms with Gasteiger partial charge in [-0.1, -0.05) is 13.3 Å². The van der Waals surface area contributed by atoms with Crippen molar-refractivity contribution >= 4 is 11.6 Å². The van der Waals surface area contributed by atoms with E-state index in [2.05, 4.69) is 31.2 Å². The number of rotatable bonds is 9. The van der Waals surface area contributed by atoms with Crippen LogP contribution in [0.15, 0.2) is 24.3 Å². The highest BCUT2D eigenvalue weighted by molar-refractivity contribution is 5.97. The van der Waals surface area contributed by atoms with Crippen LogP contribution in [-0.2, 0) is 9.53 Å². The molecule has 2 atom stereocenters. The largest absolute Gasteiger partial charge is 0.494 e. The molecule has 1 N–H and O–H groups in total. The number of ether oxygens (including phenoxy) is 2.